The van der Waals surface area contributed by atoms with E-state index in [-0.39, 0.29) is 6.61 Å². The fourth-order valence-electron chi connectivity index (χ4n) is 2.12. The van der Waals surface area contributed by atoms with E-state index in [4.69, 9.17) is 9.29 Å². The van der Waals surface area contributed by atoms with Crippen molar-refractivity contribution in [3.05, 3.63) is 33.4 Å². The molecule has 1 aromatic carbocycles. The Balaban J connectivity index is 3.06. The third kappa shape index (κ3) is 3.58. The highest BCUT2D eigenvalue weighted by atomic mass is 32.2. The van der Waals surface area contributed by atoms with E-state index in [0.29, 0.717) is 5.56 Å². The van der Waals surface area contributed by atoms with E-state index in [1.807, 2.05) is 34.6 Å². The highest BCUT2D eigenvalue weighted by Crippen LogP contribution is 2.26. The molecule has 0 atom stereocenters. The minimum atomic E-state index is -4.12. The summed E-state index contributed by atoms with van der Waals surface area (Å²) in [4.78, 5) is 12.1. The van der Waals surface area contributed by atoms with Gasteiger partial charge in [0.15, 0.2) is 0 Å². The zero-order valence-corrected chi connectivity index (χ0v) is 13.2. The second-order valence-electron chi connectivity index (χ2n) is 4.92. The molecule has 0 amide bonds. The Morgan fingerprint density at radius 2 is 1.35 bits per heavy atom. The van der Waals surface area contributed by atoms with Crippen molar-refractivity contribution in [2.24, 2.45) is 0 Å². The number of benzene rings is 1. The maximum atomic E-state index is 12.1. The van der Waals surface area contributed by atoms with Gasteiger partial charge in [-0.25, -0.2) is 4.79 Å². The molecule has 0 saturated heterocycles. The molecule has 0 aliphatic heterocycles. The zero-order valence-electron chi connectivity index (χ0n) is 12.4. The van der Waals surface area contributed by atoms with E-state index >= 15 is 0 Å². The van der Waals surface area contributed by atoms with Gasteiger partial charge in [0, 0.05) is 0 Å². The summed E-state index contributed by atoms with van der Waals surface area (Å²) in [6, 6.07) is 0. The summed E-state index contributed by atoms with van der Waals surface area (Å²) in [6.07, 6.45) is 0. The average molecular weight is 300 g/mol. The molecular formula is C14H20O5S. The van der Waals surface area contributed by atoms with Crippen LogP contribution in [0.1, 0.15) is 38.2 Å². The van der Waals surface area contributed by atoms with Crippen LogP contribution in [0.3, 0.4) is 0 Å². The summed E-state index contributed by atoms with van der Waals surface area (Å²) < 4.78 is 34.8. The Bertz CT molecular complexity index is 615. The molecule has 112 valence electrons. The van der Waals surface area contributed by atoms with Crippen LogP contribution in [0.5, 0.6) is 0 Å². The van der Waals surface area contributed by atoms with Crippen molar-refractivity contribution < 1.29 is 22.5 Å². The monoisotopic (exact) mass is 300 g/mol. The molecule has 0 heterocycles. The molecule has 0 bridgehead atoms. The third-order valence-corrected chi connectivity index (χ3v) is 4.46. The number of ether oxygens (including phenoxy) is 1. The Kier molecular flexibility index (Phi) is 4.94. The molecule has 6 heteroatoms. The summed E-state index contributed by atoms with van der Waals surface area (Å²) in [5.74, 6) is -1.16. The van der Waals surface area contributed by atoms with Gasteiger partial charge in [0.2, 0.25) is 0 Å². The number of carbonyl (C=O) groups excluding carboxylic acids is 1. The van der Waals surface area contributed by atoms with Crippen LogP contribution in [0.2, 0.25) is 0 Å². The van der Waals surface area contributed by atoms with Gasteiger partial charge in [0.05, 0.1) is 5.56 Å². The molecule has 1 N–H and O–H groups in total. The maximum absolute atomic E-state index is 12.1. The van der Waals surface area contributed by atoms with Crippen molar-refractivity contribution in [3.63, 3.8) is 0 Å². The summed E-state index contributed by atoms with van der Waals surface area (Å²) in [6.45, 7) is 9.20. The number of hydrogen-bond donors (Lipinski definition) is 1. The molecule has 0 aliphatic rings. The first-order valence-electron chi connectivity index (χ1n) is 6.25. The van der Waals surface area contributed by atoms with Gasteiger partial charge < -0.3 is 4.74 Å². The SMILES string of the molecule is Cc1c(C)c(C)c(C(=O)OCCS(=O)(=O)O)c(C)c1C. The van der Waals surface area contributed by atoms with Gasteiger partial charge >= 0.3 is 5.97 Å². The quantitative estimate of drug-likeness (QED) is 0.681. The van der Waals surface area contributed by atoms with Gasteiger partial charge in [-0.3, -0.25) is 4.55 Å². The number of rotatable bonds is 4. The van der Waals surface area contributed by atoms with E-state index in [1.54, 1.807) is 0 Å². The topological polar surface area (TPSA) is 80.7 Å². The molecule has 0 saturated carbocycles. The van der Waals surface area contributed by atoms with Crippen LogP contribution in [0.15, 0.2) is 0 Å². The van der Waals surface area contributed by atoms with Crippen molar-refractivity contribution in [3.8, 4) is 0 Å². The van der Waals surface area contributed by atoms with Crippen LogP contribution in [0.4, 0.5) is 0 Å². The normalized spacial score (nSPS) is 11.5. The van der Waals surface area contributed by atoms with Crippen molar-refractivity contribution in [2.45, 2.75) is 34.6 Å². The van der Waals surface area contributed by atoms with Crippen LogP contribution in [-0.4, -0.2) is 31.3 Å². The lowest BCUT2D eigenvalue weighted by Crippen LogP contribution is -2.17. The molecule has 0 radical (unpaired) electrons. The van der Waals surface area contributed by atoms with Gasteiger partial charge in [-0.15, -0.1) is 0 Å². The fourth-order valence-corrected chi connectivity index (χ4v) is 2.41. The van der Waals surface area contributed by atoms with Gasteiger partial charge in [-0.2, -0.15) is 8.42 Å². The number of hydrogen-bond acceptors (Lipinski definition) is 4. The molecule has 5 nitrogen and oxygen atoms in total. The van der Waals surface area contributed by atoms with Crippen LogP contribution >= 0.6 is 0 Å². The summed E-state index contributed by atoms with van der Waals surface area (Å²) in [5.41, 5.74) is 5.32. The maximum Gasteiger partial charge on any atom is 0.338 e. The van der Waals surface area contributed by atoms with Crippen molar-refractivity contribution in [1.29, 1.82) is 0 Å². The van der Waals surface area contributed by atoms with Gasteiger partial charge in [0.1, 0.15) is 12.4 Å². The lowest BCUT2D eigenvalue weighted by atomic mass is 9.90. The standard InChI is InChI=1S/C14H20O5S/c1-8-9(2)11(4)13(12(5)10(8)3)14(15)19-6-7-20(16,17)18/h6-7H2,1-5H3,(H,16,17,18). The third-order valence-electron chi connectivity index (χ3n) is 3.78. The Labute approximate surface area is 119 Å². The minimum absolute atomic E-state index is 0.359. The van der Waals surface area contributed by atoms with Crippen molar-refractivity contribution in [2.75, 3.05) is 12.4 Å². The molecular weight excluding hydrogens is 280 g/mol. The van der Waals surface area contributed by atoms with E-state index in [0.717, 1.165) is 27.8 Å². The largest absolute Gasteiger partial charge is 0.461 e. The first-order chi connectivity index (χ1) is 9.06. The second-order valence-corrected chi connectivity index (χ2v) is 6.49. The predicted molar refractivity (Wildman–Crippen MR) is 76.8 cm³/mol. The van der Waals surface area contributed by atoms with Crippen LogP contribution in [0, 0.1) is 34.6 Å². The number of carbonyl (C=O) groups is 1. The lowest BCUT2D eigenvalue weighted by molar-refractivity contribution is 0.0526. The van der Waals surface area contributed by atoms with Gasteiger partial charge in [-0.1, -0.05) is 0 Å². The van der Waals surface area contributed by atoms with E-state index < -0.39 is 21.8 Å². The lowest BCUT2D eigenvalue weighted by Gasteiger charge is -2.17. The van der Waals surface area contributed by atoms with E-state index in [2.05, 4.69) is 0 Å². The van der Waals surface area contributed by atoms with Gasteiger partial charge in [0.25, 0.3) is 10.1 Å². The molecule has 0 unspecified atom stereocenters. The highest BCUT2D eigenvalue weighted by molar-refractivity contribution is 7.85. The predicted octanol–water partition coefficient (Wildman–Crippen LogP) is 2.27. The van der Waals surface area contributed by atoms with Crippen molar-refractivity contribution in [1.82, 2.24) is 0 Å². The minimum Gasteiger partial charge on any atom is -0.461 e. The van der Waals surface area contributed by atoms with Crippen molar-refractivity contribution >= 4 is 16.1 Å². The molecule has 0 fully saturated rings. The average Bonchev–Trinajstić information content (AvgIpc) is 2.32. The smallest absolute Gasteiger partial charge is 0.338 e. The Morgan fingerprint density at radius 1 is 0.950 bits per heavy atom. The Hall–Kier alpha value is -1.40. The molecule has 1 rings (SSSR count). The van der Waals surface area contributed by atoms with E-state index in [9.17, 15) is 13.2 Å². The first kappa shape index (κ1) is 16.7. The number of esters is 1. The van der Waals surface area contributed by atoms with Crippen LogP contribution < -0.4 is 0 Å². The fraction of sp³-hybridized carbons (Fsp3) is 0.500. The molecule has 0 aromatic heterocycles. The zero-order chi connectivity index (χ0) is 15.7. The molecule has 0 aliphatic carbocycles. The summed E-state index contributed by atoms with van der Waals surface area (Å²) in [5, 5.41) is 0. The van der Waals surface area contributed by atoms with E-state index in [1.165, 1.54) is 0 Å². The van der Waals surface area contributed by atoms with Crippen LogP contribution in [0.25, 0.3) is 0 Å². The van der Waals surface area contributed by atoms with Crippen LogP contribution in [-0.2, 0) is 14.9 Å². The molecule has 1 aromatic rings. The van der Waals surface area contributed by atoms with Gasteiger partial charge in [-0.05, 0) is 62.4 Å². The second kappa shape index (κ2) is 5.93. The molecule has 20 heavy (non-hydrogen) atoms. The first-order valence-corrected chi connectivity index (χ1v) is 7.86. The molecule has 0 spiro atoms. The summed E-state index contributed by atoms with van der Waals surface area (Å²) >= 11 is 0. The Morgan fingerprint density at radius 3 is 1.75 bits per heavy atom. The summed E-state index contributed by atoms with van der Waals surface area (Å²) in [7, 11) is -4.12. The highest BCUT2D eigenvalue weighted by Gasteiger charge is 2.19.